The monoisotopic (exact) mass is 349 g/mol. The molecule has 7 nitrogen and oxygen atoms in total. The number of aryl methyl sites for hydroxylation is 2. The molecule has 0 aliphatic carbocycles. The quantitative estimate of drug-likeness (QED) is 0.827. The molecule has 3 amide bonds. The number of carbonyl (C=O) groups excluding carboxylic acids is 2. The molecule has 1 aromatic carbocycles. The highest BCUT2D eigenvalue weighted by atomic mass is 16.6. The van der Waals surface area contributed by atoms with Gasteiger partial charge in [0.15, 0.2) is 0 Å². The lowest BCUT2D eigenvalue weighted by atomic mass is 10.1. The molecule has 0 saturated carbocycles. The lowest BCUT2D eigenvalue weighted by molar-refractivity contribution is 0.0851. The standard InChI is InChI=1S/C18H27N3O4/c1-4-24-18(23)21-10-8-20(9-11-21)17(22)19-7-12-25-16-6-5-14(2)15(3)13-16/h5-6,13H,4,7-12H2,1-3H3,(H,19,22). The predicted molar refractivity (Wildman–Crippen MR) is 95.0 cm³/mol. The van der Waals surface area contributed by atoms with Gasteiger partial charge in [0.05, 0.1) is 13.2 Å². The van der Waals surface area contributed by atoms with Crippen molar-refractivity contribution in [1.82, 2.24) is 15.1 Å². The van der Waals surface area contributed by atoms with Gasteiger partial charge in [-0.1, -0.05) is 6.07 Å². The summed E-state index contributed by atoms with van der Waals surface area (Å²) in [5.74, 6) is 0.806. The van der Waals surface area contributed by atoms with E-state index in [9.17, 15) is 9.59 Å². The number of piperazine rings is 1. The molecule has 0 spiro atoms. The molecule has 0 atom stereocenters. The molecule has 1 N–H and O–H groups in total. The Morgan fingerprint density at radius 3 is 2.40 bits per heavy atom. The van der Waals surface area contributed by atoms with Crippen molar-refractivity contribution in [2.75, 3.05) is 45.9 Å². The Morgan fingerprint density at radius 1 is 1.08 bits per heavy atom. The average molecular weight is 349 g/mol. The number of urea groups is 1. The van der Waals surface area contributed by atoms with Crippen LogP contribution in [0.25, 0.3) is 0 Å². The van der Waals surface area contributed by atoms with Crippen molar-refractivity contribution in [3.05, 3.63) is 29.3 Å². The van der Waals surface area contributed by atoms with Crippen molar-refractivity contribution in [2.24, 2.45) is 0 Å². The van der Waals surface area contributed by atoms with Gasteiger partial charge in [0, 0.05) is 26.2 Å². The first-order valence-electron chi connectivity index (χ1n) is 8.65. The van der Waals surface area contributed by atoms with E-state index in [1.807, 2.05) is 25.1 Å². The minimum absolute atomic E-state index is 0.132. The van der Waals surface area contributed by atoms with Gasteiger partial charge in [-0.05, 0) is 44.0 Å². The predicted octanol–water partition coefficient (Wildman–Crippen LogP) is 2.17. The first-order valence-corrected chi connectivity index (χ1v) is 8.65. The Morgan fingerprint density at radius 2 is 1.76 bits per heavy atom. The fourth-order valence-corrected chi connectivity index (χ4v) is 2.55. The fraction of sp³-hybridized carbons (Fsp3) is 0.556. The van der Waals surface area contributed by atoms with E-state index in [1.165, 1.54) is 11.1 Å². The van der Waals surface area contributed by atoms with Gasteiger partial charge in [0.1, 0.15) is 12.4 Å². The van der Waals surface area contributed by atoms with Crippen LogP contribution in [-0.2, 0) is 4.74 Å². The first-order chi connectivity index (χ1) is 12.0. The summed E-state index contributed by atoms with van der Waals surface area (Å²) in [6.07, 6.45) is -0.315. The van der Waals surface area contributed by atoms with E-state index in [-0.39, 0.29) is 12.1 Å². The Bertz CT molecular complexity index is 598. The van der Waals surface area contributed by atoms with Crippen molar-refractivity contribution >= 4 is 12.1 Å². The van der Waals surface area contributed by atoms with Crippen LogP contribution in [0.2, 0.25) is 0 Å². The van der Waals surface area contributed by atoms with E-state index in [1.54, 1.807) is 16.7 Å². The van der Waals surface area contributed by atoms with Crippen LogP contribution in [-0.4, -0.2) is 67.9 Å². The van der Waals surface area contributed by atoms with Gasteiger partial charge in [0.25, 0.3) is 0 Å². The van der Waals surface area contributed by atoms with Gasteiger partial charge in [-0.15, -0.1) is 0 Å². The molecule has 0 bridgehead atoms. The zero-order valence-corrected chi connectivity index (χ0v) is 15.2. The van der Waals surface area contributed by atoms with E-state index in [4.69, 9.17) is 9.47 Å². The molecule has 1 saturated heterocycles. The van der Waals surface area contributed by atoms with Gasteiger partial charge in [-0.3, -0.25) is 0 Å². The lowest BCUT2D eigenvalue weighted by Crippen LogP contribution is -2.53. The molecular weight excluding hydrogens is 322 g/mol. The van der Waals surface area contributed by atoms with Gasteiger partial charge in [0.2, 0.25) is 0 Å². The van der Waals surface area contributed by atoms with Crippen LogP contribution in [0.3, 0.4) is 0 Å². The Balaban J connectivity index is 1.66. The zero-order valence-electron chi connectivity index (χ0n) is 15.2. The summed E-state index contributed by atoms with van der Waals surface area (Å²) in [5.41, 5.74) is 2.41. The van der Waals surface area contributed by atoms with Crippen LogP contribution in [0, 0.1) is 13.8 Å². The lowest BCUT2D eigenvalue weighted by Gasteiger charge is -2.33. The number of ether oxygens (including phenoxy) is 2. The van der Waals surface area contributed by atoms with Crippen molar-refractivity contribution < 1.29 is 19.1 Å². The normalized spacial score (nSPS) is 14.2. The maximum absolute atomic E-state index is 12.1. The summed E-state index contributed by atoms with van der Waals surface area (Å²) in [6, 6.07) is 5.81. The third-order valence-corrected chi connectivity index (χ3v) is 4.22. The highest BCUT2D eigenvalue weighted by Gasteiger charge is 2.24. The second-order valence-corrected chi connectivity index (χ2v) is 6.00. The van der Waals surface area contributed by atoms with Gasteiger partial charge in [-0.2, -0.15) is 0 Å². The van der Waals surface area contributed by atoms with Crippen LogP contribution in [0.5, 0.6) is 5.75 Å². The van der Waals surface area contributed by atoms with E-state index < -0.39 is 0 Å². The fourth-order valence-electron chi connectivity index (χ4n) is 2.55. The molecule has 1 aromatic rings. The highest BCUT2D eigenvalue weighted by Crippen LogP contribution is 2.16. The summed E-state index contributed by atoms with van der Waals surface area (Å²) in [6.45, 7) is 9.07. The smallest absolute Gasteiger partial charge is 0.409 e. The molecule has 2 rings (SSSR count). The van der Waals surface area contributed by atoms with Crippen molar-refractivity contribution in [3.8, 4) is 5.75 Å². The number of carbonyl (C=O) groups is 2. The molecule has 0 radical (unpaired) electrons. The SMILES string of the molecule is CCOC(=O)N1CCN(C(=O)NCCOc2ccc(C)c(C)c2)CC1. The highest BCUT2D eigenvalue weighted by molar-refractivity contribution is 5.75. The van der Waals surface area contributed by atoms with Gasteiger partial charge < -0.3 is 24.6 Å². The zero-order chi connectivity index (χ0) is 18.2. The van der Waals surface area contributed by atoms with Crippen LogP contribution < -0.4 is 10.1 Å². The van der Waals surface area contributed by atoms with Gasteiger partial charge >= 0.3 is 12.1 Å². The summed E-state index contributed by atoms with van der Waals surface area (Å²) in [4.78, 5) is 27.1. The average Bonchev–Trinajstić information content (AvgIpc) is 2.62. The third kappa shape index (κ3) is 5.55. The number of rotatable bonds is 5. The first kappa shape index (κ1) is 18.9. The van der Waals surface area contributed by atoms with E-state index in [0.717, 1.165) is 5.75 Å². The van der Waals surface area contributed by atoms with Crippen molar-refractivity contribution in [1.29, 1.82) is 0 Å². The summed E-state index contributed by atoms with van der Waals surface area (Å²) in [7, 11) is 0. The molecule has 1 aliphatic heterocycles. The minimum atomic E-state index is -0.315. The molecular formula is C18H27N3O4. The molecule has 25 heavy (non-hydrogen) atoms. The van der Waals surface area contributed by atoms with Crippen LogP contribution >= 0.6 is 0 Å². The van der Waals surface area contributed by atoms with Crippen LogP contribution in [0.15, 0.2) is 18.2 Å². The Hall–Kier alpha value is -2.44. The second kappa shape index (κ2) is 9.15. The number of hydrogen-bond donors (Lipinski definition) is 1. The molecule has 1 heterocycles. The molecule has 7 heteroatoms. The Kier molecular flexibility index (Phi) is 6.91. The molecule has 0 aromatic heterocycles. The largest absolute Gasteiger partial charge is 0.492 e. The third-order valence-electron chi connectivity index (χ3n) is 4.22. The maximum atomic E-state index is 12.1. The minimum Gasteiger partial charge on any atom is -0.492 e. The molecule has 0 unspecified atom stereocenters. The summed E-state index contributed by atoms with van der Waals surface area (Å²) in [5, 5.41) is 2.85. The molecule has 1 fully saturated rings. The number of amides is 3. The summed E-state index contributed by atoms with van der Waals surface area (Å²) >= 11 is 0. The molecule has 1 aliphatic rings. The van der Waals surface area contributed by atoms with Gasteiger partial charge in [-0.25, -0.2) is 9.59 Å². The number of nitrogens with zero attached hydrogens (tertiary/aromatic N) is 2. The maximum Gasteiger partial charge on any atom is 0.409 e. The van der Waals surface area contributed by atoms with Crippen molar-refractivity contribution in [2.45, 2.75) is 20.8 Å². The molecule has 138 valence electrons. The number of benzene rings is 1. The topological polar surface area (TPSA) is 71.1 Å². The van der Waals surface area contributed by atoms with E-state index in [2.05, 4.69) is 12.2 Å². The van der Waals surface area contributed by atoms with E-state index >= 15 is 0 Å². The number of nitrogens with one attached hydrogen (secondary N) is 1. The summed E-state index contributed by atoms with van der Waals surface area (Å²) < 4.78 is 10.6. The van der Waals surface area contributed by atoms with E-state index in [0.29, 0.717) is 45.9 Å². The van der Waals surface area contributed by atoms with Crippen LogP contribution in [0.4, 0.5) is 9.59 Å². The Labute approximate surface area is 148 Å². The van der Waals surface area contributed by atoms with Crippen LogP contribution in [0.1, 0.15) is 18.1 Å². The van der Waals surface area contributed by atoms with Crippen molar-refractivity contribution in [3.63, 3.8) is 0 Å². The second-order valence-electron chi connectivity index (χ2n) is 6.00. The number of hydrogen-bond acceptors (Lipinski definition) is 4.